The molecule has 0 saturated carbocycles. The summed E-state index contributed by atoms with van der Waals surface area (Å²) < 4.78 is 21.4. The van der Waals surface area contributed by atoms with E-state index < -0.39 is 11.7 Å². The Balaban J connectivity index is 1.53. The van der Waals surface area contributed by atoms with Gasteiger partial charge in [-0.3, -0.25) is 4.68 Å². The van der Waals surface area contributed by atoms with Crippen molar-refractivity contribution in [3.8, 4) is 16.9 Å². The number of rotatable bonds is 13. The van der Waals surface area contributed by atoms with Crippen LogP contribution in [0, 0.1) is 6.92 Å². The van der Waals surface area contributed by atoms with Gasteiger partial charge < -0.3 is 24.1 Å². The van der Waals surface area contributed by atoms with E-state index in [1.54, 1.807) is 0 Å². The number of para-hydroxylation sites is 1. The Morgan fingerprint density at radius 1 is 0.979 bits per heavy atom. The maximum absolute atomic E-state index is 13.8. The van der Waals surface area contributed by atoms with Crippen molar-refractivity contribution in [2.75, 3.05) is 19.8 Å². The molecule has 0 bridgehead atoms. The summed E-state index contributed by atoms with van der Waals surface area (Å²) in [6.45, 7) is 10.9. The van der Waals surface area contributed by atoms with E-state index in [2.05, 4.69) is 56.1 Å². The Kier molecular flexibility index (Phi) is 11.1. The zero-order valence-electron chi connectivity index (χ0n) is 28.7. The van der Waals surface area contributed by atoms with Crippen LogP contribution in [0.15, 0.2) is 60.7 Å². The van der Waals surface area contributed by atoms with E-state index in [9.17, 15) is 9.59 Å². The fraction of sp³-hybridized carbons (Fsp3) is 0.395. The Bertz CT molecular complexity index is 1910. The molecule has 9 nitrogen and oxygen atoms in total. The van der Waals surface area contributed by atoms with Crippen LogP contribution in [0.5, 0.6) is 5.75 Å². The first kappa shape index (κ1) is 35.0. The van der Waals surface area contributed by atoms with Crippen molar-refractivity contribution in [2.45, 2.75) is 71.4 Å². The van der Waals surface area contributed by atoms with Gasteiger partial charge in [0.25, 0.3) is 0 Å². The second-order valence-electron chi connectivity index (χ2n) is 12.8. The number of halogens is 1. The summed E-state index contributed by atoms with van der Waals surface area (Å²) in [7, 11) is 1.94. The quantitative estimate of drug-likeness (QED) is 0.0746. The Hall–Kier alpha value is -4.31. The summed E-state index contributed by atoms with van der Waals surface area (Å²) in [6.07, 6.45) is 1.41. The molecule has 0 atom stereocenters. The number of ether oxygens (including phenoxy) is 3. The minimum atomic E-state index is -0.590. The van der Waals surface area contributed by atoms with E-state index >= 15 is 0 Å². The topological polar surface area (TPSA) is 96.6 Å². The van der Waals surface area contributed by atoms with E-state index in [4.69, 9.17) is 19.3 Å². The van der Waals surface area contributed by atoms with Gasteiger partial charge in [-0.1, -0.05) is 70.5 Å². The highest BCUT2D eigenvalue weighted by Crippen LogP contribution is 2.39. The summed E-state index contributed by atoms with van der Waals surface area (Å²) in [5, 5.41) is 11.4. The molecule has 2 heterocycles. The number of hydrogen-bond acceptors (Lipinski definition) is 6. The largest absolute Gasteiger partial charge is 0.493 e. The predicted octanol–water partition coefficient (Wildman–Crippen LogP) is 8.50. The van der Waals surface area contributed by atoms with Gasteiger partial charge in [0.15, 0.2) is 0 Å². The van der Waals surface area contributed by atoms with Crippen molar-refractivity contribution < 1.29 is 23.8 Å². The van der Waals surface area contributed by atoms with Crippen molar-refractivity contribution >= 4 is 49.7 Å². The number of nitrogens with one attached hydrogen (secondary N) is 1. The number of aryl methyl sites for hydroxylation is 4. The van der Waals surface area contributed by atoms with E-state index in [0.717, 1.165) is 55.5 Å². The number of esters is 1. The first-order valence-corrected chi connectivity index (χ1v) is 17.6. The van der Waals surface area contributed by atoms with Gasteiger partial charge in [-0.25, -0.2) is 9.59 Å². The van der Waals surface area contributed by atoms with Gasteiger partial charge in [-0.15, -0.1) is 0 Å². The molecule has 0 aliphatic carbocycles. The Morgan fingerprint density at radius 2 is 1.71 bits per heavy atom. The molecule has 5 rings (SSSR count). The highest BCUT2D eigenvalue weighted by atomic mass is 79.9. The summed E-state index contributed by atoms with van der Waals surface area (Å²) >= 11 is 3.67. The number of carbonyl (C=O) groups is 2. The molecule has 0 unspecified atom stereocenters. The van der Waals surface area contributed by atoms with Crippen LogP contribution >= 0.6 is 15.9 Å². The van der Waals surface area contributed by atoms with Gasteiger partial charge in [0.05, 0.1) is 30.1 Å². The number of benzene rings is 3. The van der Waals surface area contributed by atoms with Crippen LogP contribution in [0.3, 0.4) is 0 Å². The molecule has 10 heteroatoms. The molecule has 3 aromatic carbocycles. The smallest absolute Gasteiger partial charge is 0.407 e. The number of amides is 1. The van der Waals surface area contributed by atoms with Gasteiger partial charge in [0, 0.05) is 47.4 Å². The normalized spacial score (nSPS) is 11.6. The summed E-state index contributed by atoms with van der Waals surface area (Å²) in [4.78, 5) is 26.2. The van der Waals surface area contributed by atoms with Crippen molar-refractivity contribution in [2.24, 2.45) is 7.05 Å². The van der Waals surface area contributed by atoms with Gasteiger partial charge in [0.2, 0.25) is 0 Å². The molecule has 1 N–H and O–H groups in total. The molecule has 0 fully saturated rings. The van der Waals surface area contributed by atoms with Crippen LogP contribution < -0.4 is 10.1 Å². The SMILES string of the molecule is CCOC(=O)c1c(CCCOc2cccc3ccccc23)c2cccc(-c3c(C)nn(C)c3CBr)c2n1CCCNC(=O)OC(C)(C)C. The third-order valence-corrected chi connectivity index (χ3v) is 8.73. The van der Waals surface area contributed by atoms with E-state index in [1.165, 1.54) is 0 Å². The lowest BCUT2D eigenvalue weighted by Gasteiger charge is -2.20. The number of hydrogen-bond donors (Lipinski definition) is 1. The molecule has 254 valence electrons. The standard InChI is InChI=1S/C38H45BrN4O5/c1-7-46-36(44)35-29(19-12-23-47-32-20-10-15-26-14-8-9-16-27(26)32)28-17-11-18-30(33-25(2)41-42(6)31(33)24-39)34(28)43(35)22-13-21-40-37(45)48-38(3,4)5/h8-11,14-18,20H,7,12-13,19,21-24H2,1-6H3,(H,40,45). The predicted molar refractivity (Wildman–Crippen MR) is 194 cm³/mol. The van der Waals surface area contributed by atoms with Gasteiger partial charge in [0.1, 0.15) is 17.0 Å². The van der Waals surface area contributed by atoms with Gasteiger partial charge in [-0.2, -0.15) is 5.10 Å². The molecule has 0 radical (unpaired) electrons. The zero-order valence-corrected chi connectivity index (χ0v) is 30.3. The number of carbonyl (C=O) groups excluding carboxylic acids is 2. The third-order valence-electron chi connectivity index (χ3n) is 8.20. The lowest BCUT2D eigenvalue weighted by Crippen LogP contribution is -2.33. The number of aromatic nitrogens is 3. The molecule has 1 amide bonds. The number of alkyl carbamates (subject to hydrolysis) is 1. The molecule has 0 aliphatic rings. The summed E-state index contributed by atoms with van der Waals surface area (Å²) in [5.74, 6) is 0.476. The lowest BCUT2D eigenvalue weighted by atomic mass is 9.98. The number of fused-ring (bicyclic) bond motifs is 2. The maximum Gasteiger partial charge on any atom is 0.407 e. The van der Waals surface area contributed by atoms with Crippen LogP contribution in [-0.4, -0.2) is 51.8 Å². The van der Waals surface area contributed by atoms with Crippen LogP contribution in [0.1, 0.15) is 68.0 Å². The van der Waals surface area contributed by atoms with Crippen molar-refractivity contribution in [1.29, 1.82) is 0 Å². The number of alkyl halides is 1. The van der Waals surface area contributed by atoms with Crippen LogP contribution in [0.4, 0.5) is 4.79 Å². The maximum atomic E-state index is 13.8. The second-order valence-corrected chi connectivity index (χ2v) is 13.3. The minimum Gasteiger partial charge on any atom is -0.493 e. The Morgan fingerprint density at radius 3 is 2.46 bits per heavy atom. The molecule has 0 aliphatic heterocycles. The van der Waals surface area contributed by atoms with Crippen LogP contribution in [0.25, 0.3) is 32.8 Å². The summed E-state index contributed by atoms with van der Waals surface area (Å²) in [5.41, 5.74) is 5.79. The fourth-order valence-corrected chi connectivity index (χ4v) is 6.94. The first-order chi connectivity index (χ1) is 23.0. The number of nitrogens with zero attached hydrogens (tertiary/aromatic N) is 3. The van der Waals surface area contributed by atoms with Gasteiger partial charge >= 0.3 is 12.1 Å². The fourth-order valence-electron chi connectivity index (χ4n) is 6.30. The minimum absolute atomic E-state index is 0.256. The Labute approximate surface area is 290 Å². The van der Waals surface area contributed by atoms with Gasteiger partial charge in [-0.05, 0) is 70.9 Å². The van der Waals surface area contributed by atoms with Crippen molar-refractivity contribution in [3.05, 3.63) is 83.3 Å². The molecule has 0 saturated heterocycles. The molecule has 5 aromatic rings. The van der Waals surface area contributed by atoms with Crippen LogP contribution in [-0.2, 0) is 34.8 Å². The summed E-state index contributed by atoms with van der Waals surface area (Å²) in [6, 6.07) is 20.5. The lowest BCUT2D eigenvalue weighted by molar-refractivity contribution is 0.0502. The van der Waals surface area contributed by atoms with E-state index in [0.29, 0.717) is 50.0 Å². The molecule has 48 heavy (non-hydrogen) atoms. The van der Waals surface area contributed by atoms with Crippen LogP contribution in [0.2, 0.25) is 0 Å². The van der Waals surface area contributed by atoms with E-state index in [-0.39, 0.29) is 12.6 Å². The van der Waals surface area contributed by atoms with Crippen molar-refractivity contribution in [3.63, 3.8) is 0 Å². The average molecular weight is 718 g/mol. The zero-order chi connectivity index (χ0) is 34.4. The average Bonchev–Trinajstić information content (AvgIpc) is 3.52. The first-order valence-electron chi connectivity index (χ1n) is 16.5. The monoisotopic (exact) mass is 716 g/mol. The molecular formula is C38H45BrN4O5. The molecular weight excluding hydrogens is 672 g/mol. The van der Waals surface area contributed by atoms with Crippen molar-refractivity contribution in [1.82, 2.24) is 19.7 Å². The highest BCUT2D eigenvalue weighted by molar-refractivity contribution is 9.08. The third kappa shape index (κ3) is 7.70. The van der Waals surface area contributed by atoms with E-state index in [1.807, 2.05) is 76.7 Å². The highest BCUT2D eigenvalue weighted by Gasteiger charge is 2.27. The molecule has 2 aromatic heterocycles. The second kappa shape index (κ2) is 15.3. The molecule has 0 spiro atoms.